The lowest BCUT2D eigenvalue weighted by Crippen LogP contribution is -2.51. The quantitative estimate of drug-likeness (QED) is 0.541. The Morgan fingerprint density at radius 2 is 1.66 bits per heavy atom. The SMILES string of the molecule is O=C(c1ccc(C[C@@H]2CC[C@H]([C@H](O)c3ccccc3)N2)cc1)N1CCC(N2C(=O)NC3CCCCC32)CC1. The minimum Gasteiger partial charge on any atom is -0.387 e. The van der Waals surface area contributed by atoms with Gasteiger partial charge in [0, 0.05) is 36.8 Å². The van der Waals surface area contributed by atoms with Crippen molar-refractivity contribution >= 4 is 11.9 Å². The maximum absolute atomic E-state index is 13.2. The van der Waals surface area contributed by atoms with Crippen LogP contribution in [0.5, 0.6) is 0 Å². The highest BCUT2D eigenvalue weighted by Gasteiger charge is 2.44. The summed E-state index contributed by atoms with van der Waals surface area (Å²) in [5.74, 6) is 0.0847. The summed E-state index contributed by atoms with van der Waals surface area (Å²) < 4.78 is 0. The molecule has 1 saturated carbocycles. The van der Waals surface area contributed by atoms with Gasteiger partial charge in [0.2, 0.25) is 0 Å². The fourth-order valence-corrected chi connectivity index (χ4v) is 7.17. The first-order chi connectivity index (χ1) is 18.6. The van der Waals surface area contributed by atoms with Gasteiger partial charge < -0.3 is 25.5 Å². The van der Waals surface area contributed by atoms with E-state index in [-0.39, 0.29) is 24.0 Å². The number of hydrogen-bond acceptors (Lipinski definition) is 4. The Balaban J connectivity index is 0.995. The fraction of sp³-hybridized carbons (Fsp3) is 0.548. The number of fused-ring (bicyclic) bond motifs is 1. The van der Waals surface area contributed by atoms with Gasteiger partial charge in [-0.05, 0) is 68.2 Å². The molecule has 7 heteroatoms. The number of amides is 3. The van der Waals surface area contributed by atoms with Gasteiger partial charge >= 0.3 is 6.03 Å². The Hall–Kier alpha value is -2.90. The van der Waals surface area contributed by atoms with Crippen molar-refractivity contribution in [3.63, 3.8) is 0 Å². The van der Waals surface area contributed by atoms with Gasteiger partial charge in [0.15, 0.2) is 0 Å². The third kappa shape index (κ3) is 5.19. The molecule has 3 aliphatic heterocycles. The largest absolute Gasteiger partial charge is 0.387 e. The third-order valence-electron chi connectivity index (χ3n) is 9.26. The van der Waals surface area contributed by atoms with Crippen LogP contribution in [0, 0.1) is 0 Å². The highest BCUT2D eigenvalue weighted by molar-refractivity contribution is 5.94. The van der Waals surface area contributed by atoms with E-state index in [4.69, 9.17) is 0 Å². The molecule has 202 valence electrons. The van der Waals surface area contributed by atoms with E-state index in [0.29, 0.717) is 31.2 Å². The van der Waals surface area contributed by atoms with Crippen LogP contribution in [0.3, 0.4) is 0 Å². The van der Waals surface area contributed by atoms with E-state index in [9.17, 15) is 14.7 Å². The molecule has 1 aliphatic carbocycles. The zero-order valence-electron chi connectivity index (χ0n) is 22.1. The molecule has 38 heavy (non-hydrogen) atoms. The maximum Gasteiger partial charge on any atom is 0.318 e. The molecule has 2 aromatic rings. The molecule has 4 fully saturated rings. The van der Waals surface area contributed by atoms with Gasteiger partial charge in [-0.15, -0.1) is 0 Å². The highest BCUT2D eigenvalue weighted by Crippen LogP contribution is 2.32. The number of hydrogen-bond donors (Lipinski definition) is 3. The molecule has 2 unspecified atom stereocenters. The standard InChI is InChI=1S/C31H40N4O3/c36-29(22-6-2-1-3-7-22)27-15-14-24(32-27)20-21-10-12-23(13-11-21)30(37)34-18-16-25(17-19-34)35-28-9-5-4-8-26(28)33-31(35)38/h1-3,6-7,10-13,24-29,32,36H,4-5,8-9,14-20H2,(H,33,38)/t24-,26?,27+,28?,29+/m0/s1. The third-order valence-corrected chi connectivity index (χ3v) is 9.26. The van der Waals surface area contributed by atoms with Crippen molar-refractivity contribution in [3.8, 4) is 0 Å². The predicted molar refractivity (Wildman–Crippen MR) is 147 cm³/mol. The number of carbonyl (C=O) groups excluding carboxylic acids is 2. The van der Waals surface area contributed by atoms with Crippen LogP contribution in [-0.4, -0.2) is 70.1 Å². The summed E-state index contributed by atoms with van der Waals surface area (Å²) >= 11 is 0. The Kier molecular flexibility index (Phi) is 7.39. The van der Waals surface area contributed by atoms with Crippen LogP contribution in [-0.2, 0) is 6.42 Å². The number of carbonyl (C=O) groups is 2. The Bertz CT molecular complexity index is 1120. The van der Waals surface area contributed by atoms with Gasteiger partial charge in [-0.25, -0.2) is 4.79 Å². The van der Waals surface area contributed by atoms with Crippen molar-refractivity contribution in [1.82, 2.24) is 20.4 Å². The molecule has 0 aromatic heterocycles. The number of nitrogens with zero attached hydrogens (tertiary/aromatic N) is 2. The van der Waals surface area contributed by atoms with E-state index in [1.54, 1.807) is 0 Å². The average Bonchev–Trinajstić information content (AvgIpc) is 3.56. The van der Waals surface area contributed by atoms with Crippen molar-refractivity contribution in [2.45, 2.75) is 94.1 Å². The summed E-state index contributed by atoms with van der Waals surface area (Å²) in [4.78, 5) is 29.9. The van der Waals surface area contributed by atoms with E-state index in [1.807, 2.05) is 47.4 Å². The normalized spacial score (nSPS) is 28.7. The molecule has 3 amide bonds. The number of aliphatic hydroxyl groups excluding tert-OH is 1. The van der Waals surface area contributed by atoms with Crippen LogP contribution in [0.25, 0.3) is 0 Å². The summed E-state index contributed by atoms with van der Waals surface area (Å²) in [5.41, 5.74) is 2.89. The first-order valence-corrected chi connectivity index (χ1v) is 14.5. The number of likely N-dealkylation sites (tertiary alicyclic amines) is 1. The van der Waals surface area contributed by atoms with E-state index in [2.05, 4.69) is 27.7 Å². The van der Waals surface area contributed by atoms with Crippen molar-refractivity contribution in [2.24, 2.45) is 0 Å². The number of rotatable bonds is 6. The summed E-state index contributed by atoms with van der Waals surface area (Å²) in [6, 6.07) is 19.3. The summed E-state index contributed by atoms with van der Waals surface area (Å²) in [5, 5.41) is 17.6. The first-order valence-electron chi connectivity index (χ1n) is 14.5. The molecule has 0 radical (unpaired) electrons. The number of urea groups is 1. The minimum atomic E-state index is -0.491. The van der Waals surface area contributed by atoms with Crippen LogP contribution < -0.4 is 10.6 Å². The van der Waals surface area contributed by atoms with Gasteiger partial charge in [0.25, 0.3) is 5.91 Å². The maximum atomic E-state index is 13.2. The van der Waals surface area contributed by atoms with Gasteiger partial charge in [0.1, 0.15) is 0 Å². The molecule has 3 heterocycles. The summed E-state index contributed by atoms with van der Waals surface area (Å²) in [7, 11) is 0. The van der Waals surface area contributed by atoms with Crippen LogP contribution >= 0.6 is 0 Å². The Morgan fingerprint density at radius 3 is 2.42 bits per heavy atom. The molecule has 4 aliphatic rings. The van der Waals surface area contributed by atoms with E-state index < -0.39 is 6.10 Å². The molecule has 5 atom stereocenters. The Labute approximate surface area is 225 Å². The van der Waals surface area contributed by atoms with E-state index in [1.165, 1.54) is 18.4 Å². The number of aliphatic hydroxyl groups is 1. The lowest BCUT2D eigenvalue weighted by Gasteiger charge is -2.40. The molecule has 3 saturated heterocycles. The zero-order valence-corrected chi connectivity index (χ0v) is 22.1. The van der Waals surface area contributed by atoms with Gasteiger partial charge in [-0.1, -0.05) is 55.3 Å². The van der Waals surface area contributed by atoms with Crippen LogP contribution in [0.4, 0.5) is 4.79 Å². The average molecular weight is 517 g/mol. The molecule has 3 N–H and O–H groups in total. The van der Waals surface area contributed by atoms with E-state index >= 15 is 0 Å². The molecule has 0 bridgehead atoms. The summed E-state index contributed by atoms with van der Waals surface area (Å²) in [6.45, 7) is 1.40. The number of benzene rings is 2. The Morgan fingerprint density at radius 1 is 0.921 bits per heavy atom. The monoisotopic (exact) mass is 516 g/mol. The van der Waals surface area contributed by atoms with E-state index in [0.717, 1.165) is 56.1 Å². The van der Waals surface area contributed by atoms with Crippen LogP contribution in [0.15, 0.2) is 54.6 Å². The molecule has 2 aromatic carbocycles. The van der Waals surface area contributed by atoms with Gasteiger partial charge in [0.05, 0.1) is 18.2 Å². The number of nitrogens with one attached hydrogen (secondary N) is 2. The van der Waals surface area contributed by atoms with Crippen molar-refractivity contribution in [3.05, 3.63) is 71.3 Å². The fourth-order valence-electron chi connectivity index (χ4n) is 7.17. The molecule has 6 rings (SSSR count). The second-order valence-corrected chi connectivity index (χ2v) is 11.6. The molecule has 0 spiro atoms. The molecular formula is C31H40N4O3. The predicted octanol–water partition coefficient (Wildman–Crippen LogP) is 4.02. The lowest BCUT2D eigenvalue weighted by atomic mass is 9.89. The van der Waals surface area contributed by atoms with Crippen molar-refractivity contribution < 1.29 is 14.7 Å². The van der Waals surface area contributed by atoms with Crippen LogP contribution in [0.2, 0.25) is 0 Å². The smallest absolute Gasteiger partial charge is 0.318 e. The van der Waals surface area contributed by atoms with Crippen molar-refractivity contribution in [1.29, 1.82) is 0 Å². The second-order valence-electron chi connectivity index (χ2n) is 11.6. The molecular weight excluding hydrogens is 476 g/mol. The highest BCUT2D eigenvalue weighted by atomic mass is 16.3. The molecule has 7 nitrogen and oxygen atoms in total. The number of piperidine rings is 1. The first kappa shape index (κ1) is 25.4. The van der Waals surface area contributed by atoms with Crippen LogP contribution in [0.1, 0.15) is 79.0 Å². The lowest BCUT2D eigenvalue weighted by molar-refractivity contribution is 0.0623. The van der Waals surface area contributed by atoms with Gasteiger partial charge in [-0.2, -0.15) is 0 Å². The van der Waals surface area contributed by atoms with Gasteiger partial charge in [-0.3, -0.25) is 4.79 Å². The zero-order chi connectivity index (χ0) is 26.1. The van der Waals surface area contributed by atoms with Crippen molar-refractivity contribution in [2.75, 3.05) is 13.1 Å². The second kappa shape index (κ2) is 11.1. The minimum absolute atomic E-state index is 0.0711. The topological polar surface area (TPSA) is 84.9 Å². The summed E-state index contributed by atoms with van der Waals surface area (Å²) in [6.07, 6.45) is 8.67.